The van der Waals surface area contributed by atoms with Gasteiger partial charge in [-0.15, -0.1) is 0 Å². The van der Waals surface area contributed by atoms with Crippen LogP contribution in [-0.4, -0.2) is 47.4 Å². The topological polar surface area (TPSA) is 95.9 Å². The number of amides is 1. The lowest BCUT2D eigenvalue weighted by atomic mass is 10.0. The van der Waals surface area contributed by atoms with Crippen molar-refractivity contribution in [3.8, 4) is 0 Å². The van der Waals surface area contributed by atoms with Crippen LogP contribution in [-0.2, 0) is 14.3 Å². The Morgan fingerprint density at radius 3 is 1.20 bits per heavy atom. The smallest absolute Gasteiger partial charge is 0.305 e. The van der Waals surface area contributed by atoms with Crippen LogP contribution in [0.4, 0.5) is 0 Å². The Hall–Kier alpha value is -1.92. The van der Waals surface area contributed by atoms with Gasteiger partial charge in [0.2, 0.25) is 5.91 Å². The highest BCUT2D eigenvalue weighted by atomic mass is 16.5. The predicted octanol–water partition coefficient (Wildman–Crippen LogP) is 18.0. The third-order valence-corrected chi connectivity index (χ3v) is 13.4. The van der Waals surface area contributed by atoms with Gasteiger partial charge in [0, 0.05) is 12.8 Å². The molecule has 0 saturated carbocycles. The second-order valence-corrected chi connectivity index (χ2v) is 20.0. The Balaban J connectivity index is 3.50. The first-order valence-electron chi connectivity index (χ1n) is 29.2. The van der Waals surface area contributed by atoms with Gasteiger partial charge in [-0.2, -0.15) is 0 Å². The molecule has 66 heavy (non-hydrogen) atoms. The van der Waals surface area contributed by atoms with Crippen LogP contribution in [0.2, 0.25) is 0 Å². The van der Waals surface area contributed by atoms with Gasteiger partial charge in [-0.3, -0.25) is 9.59 Å². The van der Waals surface area contributed by atoms with Gasteiger partial charge in [0.25, 0.3) is 0 Å². The standard InChI is InChI=1S/C60H113NO5/c1-3-5-7-9-11-13-15-17-19-21-23-25-27-29-32-36-40-44-48-52-58(63)57(56-62)61-59(64)53-49-45-41-37-33-31-35-39-43-47-51-55-66-60(65)54-50-46-42-38-34-30-28-26-24-22-20-18-16-14-12-10-8-6-4-2/h12,14,18,20,35,39,57-58,62-63H,3-11,13,15-17,19,21-34,36-38,40-56H2,1-2H3,(H,61,64)/b14-12-,20-18-,39-35-. The molecule has 388 valence electrons. The Bertz CT molecular complexity index is 1070. The summed E-state index contributed by atoms with van der Waals surface area (Å²) in [7, 11) is 0. The van der Waals surface area contributed by atoms with Gasteiger partial charge >= 0.3 is 5.97 Å². The van der Waals surface area contributed by atoms with E-state index < -0.39 is 12.1 Å². The summed E-state index contributed by atoms with van der Waals surface area (Å²) < 4.78 is 5.46. The highest BCUT2D eigenvalue weighted by Crippen LogP contribution is 2.17. The van der Waals surface area contributed by atoms with E-state index >= 15 is 0 Å². The number of esters is 1. The van der Waals surface area contributed by atoms with Crippen LogP contribution < -0.4 is 5.32 Å². The summed E-state index contributed by atoms with van der Waals surface area (Å²) in [6.45, 7) is 4.86. The first-order chi connectivity index (χ1) is 32.5. The maximum absolute atomic E-state index is 12.5. The Morgan fingerprint density at radius 1 is 0.424 bits per heavy atom. The molecule has 0 bridgehead atoms. The summed E-state index contributed by atoms with van der Waals surface area (Å²) >= 11 is 0. The van der Waals surface area contributed by atoms with Crippen molar-refractivity contribution in [1.82, 2.24) is 5.32 Å². The molecule has 0 spiro atoms. The average Bonchev–Trinajstić information content (AvgIpc) is 3.32. The van der Waals surface area contributed by atoms with Crippen LogP contribution in [0.25, 0.3) is 0 Å². The van der Waals surface area contributed by atoms with Gasteiger partial charge in [0.1, 0.15) is 0 Å². The minimum atomic E-state index is -0.684. The largest absolute Gasteiger partial charge is 0.466 e. The van der Waals surface area contributed by atoms with Crippen LogP contribution in [0, 0.1) is 0 Å². The lowest BCUT2D eigenvalue weighted by Gasteiger charge is -2.22. The zero-order valence-electron chi connectivity index (χ0n) is 44.2. The molecule has 6 nitrogen and oxygen atoms in total. The normalized spacial score (nSPS) is 12.8. The molecule has 0 fully saturated rings. The molecule has 1 amide bonds. The number of allylic oxidation sites excluding steroid dienone is 6. The molecule has 0 aliphatic rings. The van der Waals surface area contributed by atoms with Crippen LogP contribution in [0.3, 0.4) is 0 Å². The van der Waals surface area contributed by atoms with Crippen molar-refractivity contribution < 1.29 is 24.5 Å². The van der Waals surface area contributed by atoms with Crippen molar-refractivity contribution in [3.05, 3.63) is 36.5 Å². The highest BCUT2D eigenvalue weighted by molar-refractivity contribution is 5.76. The minimum absolute atomic E-state index is 0.0346. The SMILES string of the molecule is CCCCC/C=C\C/C=C\CCCCCCCCCCCC(=O)OCCCC/C=C\CCCCCCCC(=O)NC(CO)C(O)CCCCCCCCCCCCCCCCCCCCC. The fourth-order valence-corrected chi connectivity index (χ4v) is 8.90. The van der Waals surface area contributed by atoms with E-state index in [1.807, 2.05) is 0 Å². The lowest BCUT2D eigenvalue weighted by molar-refractivity contribution is -0.143. The number of carbonyl (C=O) groups is 2. The fourth-order valence-electron chi connectivity index (χ4n) is 8.90. The van der Waals surface area contributed by atoms with E-state index in [1.165, 1.54) is 186 Å². The lowest BCUT2D eigenvalue weighted by Crippen LogP contribution is -2.45. The van der Waals surface area contributed by atoms with Gasteiger partial charge in [-0.05, 0) is 83.5 Å². The van der Waals surface area contributed by atoms with Gasteiger partial charge in [-0.25, -0.2) is 0 Å². The number of hydrogen-bond acceptors (Lipinski definition) is 5. The zero-order valence-corrected chi connectivity index (χ0v) is 44.2. The number of ether oxygens (including phenoxy) is 1. The first kappa shape index (κ1) is 64.1. The number of aliphatic hydroxyl groups is 2. The molecule has 0 aromatic heterocycles. The van der Waals surface area contributed by atoms with E-state index in [9.17, 15) is 19.8 Å². The van der Waals surface area contributed by atoms with Crippen molar-refractivity contribution in [2.75, 3.05) is 13.2 Å². The molecule has 0 aliphatic heterocycles. The highest BCUT2D eigenvalue weighted by Gasteiger charge is 2.20. The number of hydrogen-bond donors (Lipinski definition) is 3. The summed E-state index contributed by atoms with van der Waals surface area (Å²) in [5.74, 6) is -0.0971. The maximum Gasteiger partial charge on any atom is 0.305 e. The molecule has 6 heteroatoms. The molecule has 0 rings (SSSR count). The summed E-state index contributed by atoms with van der Waals surface area (Å²) in [6, 6.07) is -0.564. The first-order valence-corrected chi connectivity index (χ1v) is 29.2. The molecule has 0 aliphatic carbocycles. The van der Waals surface area contributed by atoms with Crippen molar-refractivity contribution >= 4 is 11.9 Å². The maximum atomic E-state index is 12.5. The van der Waals surface area contributed by atoms with Gasteiger partial charge in [-0.1, -0.05) is 249 Å². The van der Waals surface area contributed by atoms with Crippen LogP contribution in [0.5, 0.6) is 0 Å². The Morgan fingerprint density at radius 2 is 0.758 bits per heavy atom. The predicted molar refractivity (Wildman–Crippen MR) is 287 cm³/mol. The molecule has 0 aromatic carbocycles. The summed E-state index contributed by atoms with van der Waals surface area (Å²) in [5.41, 5.74) is 0. The second-order valence-electron chi connectivity index (χ2n) is 20.0. The average molecular weight is 929 g/mol. The third-order valence-electron chi connectivity index (χ3n) is 13.4. The molecule has 0 radical (unpaired) electrons. The van der Waals surface area contributed by atoms with E-state index in [1.54, 1.807) is 0 Å². The molecule has 2 unspecified atom stereocenters. The minimum Gasteiger partial charge on any atom is -0.466 e. The van der Waals surface area contributed by atoms with Crippen molar-refractivity contribution in [3.63, 3.8) is 0 Å². The number of unbranched alkanes of at least 4 members (excludes halogenated alkanes) is 37. The van der Waals surface area contributed by atoms with Crippen LogP contribution in [0.15, 0.2) is 36.5 Å². The van der Waals surface area contributed by atoms with Gasteiger partial charge < -0.3 is 20.3 Å². The van der Waals surface area contributed by atoms with E-state index in [2.05, 4.69) is 55.6 Å². The molecule has 0 aromatic rings. The number of rotatable bonds is 54. The van der Waals surface area contributed by atoms with Crippen LogP contribution >= 0.6 is 0 Å². The molecule has 3 N–H and O–H groups in total. The Labute approximate surface area is 411 Å². The third kappa shape index (κ3) is 51.5. The monoisotopic (exact) mass is 928 g/mol. The van der Waals surface area contributed by atoms with Crippen molar-refractivity contribution in [1.29, 1.82) is 0 Å². The summed E-state index contributed by atoms with van der Waals surface area (Å²) in [6.07, 6.45) is 68.5. The number of nitrogens with one attached hydrogen (secondary N) is 1. The zero-order chi connectivity index (χ0) is 47.9. The Kier molecular flexibility index (Phi) is 54.1. The summed E-state index contributed by atoms with van der Waals surface area (Å²) in [5, 5.41) is 23.3. The van der Waals surface area contributed by atoms with E-state index in [4.69, 9.17) is 4.74 Å². The van der Waals surface area contributed by atoms with Crippen molar-refractivity contribution in [2.45, 2.75) is 321 Å². The molecule has 0 heterocycles. The molecule has 2 atom stereocenters. The van der Waals surface area contributed by atoms with E-state index in [-0.39, 0.29) is 18.5 Å². The van der Waals surface area contributed by atoms with E-state index in [0.717, 1.165) is 89.9 Å². The second kappa shape index (κ2) is 55.7. The van der Waals surface area contributed by atoms with Gasteiger partial charge in [0.15, 0.2) is 0 Å². The number of aliphatic hydroxyl groups excluding tert-OH is 2. The quantitative estimate of drug-likeness (QED) is 0.0321. The fraction of sp³-hybridized carbons (Fsp3) is 0.867. The van der Waals surface area contributed by atoms with E-state index in [0.29, 0.717) is 25.9 Å². The summed E-state index contributed by atoms with van der Waals surface area (Å²) in [4.78, 5) is 24.6. The molecular weight excluding hydrogens is 815 g/mol. The molecule has 0 saturated heterocycles. The van der Waals surface area contributed by atoms with Crippen molar-refractivity contribution in [2.24, 2.45) is 0 Å². The van der Waals surface area contributed by atoms with Crippen LogP contribution in [0.1, 0.15) is 309 Å². The number of carbonyl (C=O) groups excluding carboxylic acids is 2. The van der Waals surface area contributed by atoms with Gasteiger partial charge in [0.05, 0.1) is 25.4 Å². The molecular formula is C60H113NO5.